The lowest BCUT2D eigenvalue weighted by Crippen LogP contribution is -1.92. The van der Waals surface area contributed by atoms with E-state index in [0.29, 0.717) is 0 Å². The second-order valence-electron chi connectivity index (χ2n) is 2.41. The molecule has 0 N–H and O–H groups in total. The molecular formula is C8H6N2OS2. The first-order chi connectivity index (χ1) is 6.25. The molecule has 0 aliphatic heterocycles. The standard InChI is InChI=1S/C8H6N2OS2/c1-5(11)10-8-12-6-3-2-4-9-7(6)13-8/h2-4H,1H3. The quantitative estimate of drug-likeness (QED) is 0.665. The van der Waals surface area contributed by atoms with Crippen LogP contribution >= 0.6 is 22.7 Å². The van der Waals surface area contributed by atoms with Crippen LogP contribution in [0.25, 0.3) is 9.53 Å². The highest BCUT2D eigenvalue weighted by atomic mass is 32.2. The molecule has 3 nitrogen and oxygen atoms in total. The Labute approximate surface area is 82.4 Å². The summed E-state index contributed by atoms with van der Waals surface area (Å²) in [4.78, 5) is 19.7. The third-order valence-electron chi connectivity index (χ3n) is 1.37. The van der Waals surface area contributed by atoms with Gasteiger partial charge in [-0.3, -0.25) is 4.79 Å². The van der Waals surface area contributed by atoms with Gasteiger partial charge in [-0.2, -0.15) is 4.99 Å². The summed E-state index contributed by atoms with van der Waals surface area (Å²) in [6.45, 7) is 1.45. The van der Waals surface area contributed by atoms with Crippen LogP contribution in [0.1, 0.15) is 6.92 Å². The molecule has 0 radical (unpaired) electrons. The van der Waals surface area contributed by atoms with Gasteiger partial charge in [-0.15, -0.1) is 11.3 Å². The molecule has 0 saturated carbocycles. The molecule has 1 amide bonds. The summed E-state index contributed by atoms with van der Waals surface area (Å²) < 4.78 is 1.84. The van der Waals surface area contributed by atoms with Gasteiger partial charge in [0, 0.05) is 13.1 Å². The lowest BCUT2D eigenvalue weighted by molar-refractivity contribution is -0.115. The molecule has 0 atom stereocenters. The fourth-order valence-electron chi connectivity index (χ4n) is 0.902. The van der Waals surface area contributed by atoms with Gasteiger partial charge in [-0.25, -0.2) is 4.98 Å². The van der Waals surface area contributed by atoms with Crippen LogP contribution in [0.15, 0.2) is 23.3 Å². The SMILES string of the molecule is CC(=O)N=c1sc2cccnc2s1. The second-order valence-corrected chi connectivity index (χ2v) is 4.67. The van der Waals surface area contributed by atoms with Crippen LogP contribution in [0.3, 0.4) is 0 Å². The lowest BCUT2D eigenvalue weighted by atomic mass is 10.5. The number of fused-ring (bicyclic) bond motifs is 1. The average molecular weight is 210 g/mol. The zero-order valence-corrected chi connectivity index (χ0v) is 8.48. The minimum atomic E-state index is -0.164. The topological polar surface area (TPSA) is 42.3 Å². The third kappa shape index (κ3) is 1.81. The van der Waals surface area contributed by atoms with E-state index in [0.717, 1.165) is 13.5 Å². The van der Waals surface area contributed by atoms with E-state index >= 15 is 0 Å². The van der Waals surface area contributed by atoms with Gasteiger partial charge < -0.3 is 0 Å². The predicted octanol–water partition coefficient (Wildman–Crippen LogP) is 1.80. The molecule has 0 aromatic carbocycles. The van der Waals surface area contributed by atoms with Crippen LogP contribution in [0.2, 0.25) is 0 Å². The van der Waals surface area contributed by atoms with Crippen LogP contribution in [0, 0.1) is 0 Å². The van der Waals surface area contributed by atoms with Crippen LogP contribution in [-0.4, -0.2) is 10.9 Å². The summed E-state index contributed by atoms with van der Waals surface area (Å²) in [5.74, 6) is -0.164. The van der Waals surface area contributed by atoms with E-state index in [1.54, 1.807) is 6.20 Å². The number of carbonyl (C=O) groups excluding carboxylic acids is 1. The van der Waals surface area contributed by atoms with Crippen molar-refractivity contribution in [2.45, 2.75) is 6.92 Å². The van der Waals surface area contributed by atoms with Crippen molar-refractivity contribution in [2.24, 2.45) is 4.99 Å². The normalized spacial score (nSPS) is 12.2. The fourth-order valence-corrected chi connectivity index (χ4v) is 3.10. The van der Waals surface area contributed by atoms with Crippen LogP contribution in [0.5, 0.6) is 0 Å². The van der Waals surface area contributed by atoms with E-state index < -0.39 is 0 Å². The van der Waals surface area contributed by atoms with E-state index in [9.17, 15) is 4.79 Å². The predicted molar refractivity (Wildman–Crippen MR) is 53.7 cm³/mol. The van der Waals surface area contributed by atoms with Crippen molar-refractivity contribution in [3.05, 3.63) is 22.3 Å². The van der Waals surface area contributed by atoms with Crippen LogP contribution in [-0.2, 0) is 4.79 Å². The highest BCUT2D eigenvalue weighted by Gasteiger charge is 1.98. The number of nitrogens with zero attached hydrogens (tertiary/aromatic N) is 2. The van der Waals surface area contributed by atoms with Crippen molar-refractivity contribution >= 4 is 38.1 Å². The first-order valence-corrected chi connectivity index (χ1v) is 5.29. The number of hydrogen-bond donors (Lipinski definition) is 0. The van der Waals surface area contributed by atoms with E-state index in [-0.39, 0.29) is 5.91 Å². The number of hydrogen-bond acceptors (Lipinski definition) is 4. The highest BCUT2D eigenvalue weighted by Crippen LogP contribution is 2.17. The minimum Gasteiger partial charge on any atom is -0.273 e. The molecule has 0 fully saturated rings. The van der Waals surface area contributed by atoms with E-state index in [2.05, 4.69) is 9.98 Å². The van der Waals surface area contributed by atoms with Crippen LogP contribution in [0.4, 0.5) is 0 Å². The molecule has 0 aliphatic rings. The Bertz CT molecular complexity index is 476. The second kappa shape index (κ2) is 3.35. The molecule has 0 saturated heterocycles. The van der Waals surface area contributed by atoms with Crippen molar-refractivity contribution in [1.29, 1.82) is 0 Å². The zero-order chi connectivity index (χ0) is 9.26. The van der Waals surface area contributed by atoms with Gasteiger partial charge in [-0.05, 0) is 12.1 Å². The number of amides is 1. The van der Waals surface area contributed by atoms with Crippen LogP contribution < -0.4 is 3.98 Å². The molecule has 5 heteroatoms. The highest BCUT2D eigenvalue weighted by molar-refractivity contribution is 7.35. The maximum absolute atomic E-state index is 10.7. The molecule has 0 spiro atoms. The van der Waals surface area contributed by atoms with Gasteiger partial charge in [-0.1, -0.05) is 11.3 Å². The average Bonchev–Trinajstić information content (AvgIpc) is 2.44. The number of aromatic nitrogens is 1. The Morgan fingerprint density at radius 1 is 1.54 bits per heavy atom. The van der Waals surface area contributed by atoms with E-state index in [4.69, 9.17) is 0 Å². The van der Waals surface area contributed by atoms with Gasteiger partial charge in [0.2, 0.25) is 5.91 Å². The van der Waals surface area contributed by atoms with E-state index in [1.807, 2.05) is 12.1 Å². The van der Waals surface area contributed by atoms with E-state index in [1.165, 1.54) is 29.6 Å². The largest absolute Gasteiger partial charge is 0.273 e. The first kappa shape index (κ1) is 8.52. The molecule has 2 aromatic heterocycles. The Kier molecular flexibility index (Phi) is 2.20. The van der Waals surface area contributed by atoms with Gasteiger partial charge in [0.25, 0.3) is 0 Å². The summed E-state index contributed by atoms with van der Waals surface area (Å²) in [6.07, 6.45) is 1.74. The fraction of sp³-hybridized carbons (Fsp3) is 0.125. The van der Waals surface area contributed by atoms with Crippen molar-refractivity contribution in [1.82, 2.24) is 4.98 Å². The molecule has 13 heavy (non-hydrogen) atoms. The smallest absolute Gasteiger partial charge is 0.244 e. The molecule has 2 aromatic rings. The Morgan fingerprint density at radius 3 is 3.08 bits per heavy atom. The molecule has 0 bridgehead atoms. The van der Waals surface area contributed by atoms with Crippen molar-refractivity contribution < 1.29 is 4.79 Å². The first-order valence-electron chi connectivity index (χ1n) is 3.65. The number of rotatable bonds is 0. The molecule has 66 valence electrons. The van der Waals surface area contributed by atoms with Gasteiger partial charge in [0.1, 0.15) is 4.83 Å². The van der Waals surface area contributed by atoms with Gasteiger partial charge in [0.15, 0.2) is 3.98 Å². The number of pyridine rings is 1. The Morgan fingerprint density at radius 2 is 2.38 bits per heavy atom. The van der Waals surface area contributed by atoms with Crippen molar-refractivity contribution in [2.75, 3.05) is 0 Å². The summed E-state index contributed by atoms with van der Waals surface area (Å²) >= 11 is 2.94. The van der Waals surface area contributed by atoms with Crippen molar-refractivity contribution in [3.8, 4) is 0 Å². The summed E-state index contributed by atoms with van der Waals surface area (Å²) in [5.41, 5.74) is 0. The summed E-state index contributed by atoms with van der Waals surface area (Å²) in [7, 11) is 0. The maximum Gasteiger partial charge on any atom is 0.244 e. The van der Waals surface area contributed by atoms with Gasteiger partial charge in [0.05, 0.1) is 4.70 Å². The van der Waals surface area contributed by atoms with Crippen molar-refractivity contribution in [3.63, 3.8) is 0 Å². The van der Waals surface area contributed by atoms with Gasteiger partial charge >= 0.3 is 0 Å². The Balaban J connectivity index is 2.69. The Hall–Kier alpha value is -1.07. The molecule has 0 aliphatic carbocycles. The third-order valence-corrected chi connectivity index (χ3v) is 3.60. The molecule has 0 unspecified atom stereocenters. The molecule has 2 rings (SSSR count). The lowest BCUT2D eigenvalue weighted by Gasteiger charge is -1.80. The minimum absolute atomic E-state index is 0.164. The molecule has 2 heterocycles. The summed E-state index contributed by atoms with van der Waals surface area (Å²) in [5, 5.41) is 0. The zero-order valence-electron chi connectivity index (χ0n) is 6.85. The summed E-state index contributed by atoms with van der Waals surface area (Å²) in [6, 6.07) is 3.85. The number of carbonyl (C=O) groups is 1. The monoisotopic (exact) mass is 210 g/mol. The maximum atomic E-state index is 10.7. The molecular weight excluding hydrogens is 204 g/mol.